The molecule has 9 heteroatoms. The average molecular weight is 303 g/mol. The first-order chi connectivity index (χ1) is 10.6. The lowest BCUT2D eigenvalue weighted by atomic mass is 9.91. The fourth-order valence-corrected chi connectivity index (χ4v) is 2.72. The van der Waals surface area contributed by atoms with Gasteiger partial charge >= 0.3 is 5.69 Å². The van der Waals surface area contributed by atoms with Crippen LogP contribution in [0.4, 0.5) is 11.4 Å². The van der Waals surface area contributed by atoms with Crippen LogP contribution < -0.4 is 11.1 Å². The number of anilines is 1. The molecule has 1 fully saturated rings. The van der Waals surface area contributed by atoms with Gasteiger partial charge in [-0.1, -0.05) is 0 Å². The van der Waals surface area contributed by atoms with Crippen molar-refractivity contribution in [1.29, 1.82) is 0 Å². The average Bonchev–Trinajstić information content (AvgIpc) is 3.01. The van der Waals surface area contributed by atoms with E-state index in [1.165, 1.54) is 23.4 Å². The maximum Gasteiger partial charge on any atom is 0.310 e. The highest BCUT2D eigenvalue weighted by atomic mass is 16.6. The van der Waals surface area contributed by atoms with Crippen molar-refractivity contribution >= 4 is 11.4 Å². The van der Waals surface area contributed by atoms with E-state index in [4.69, 9.17) is 5.73 Å². The molecule has 1 aliphatic carbocycles. The Hall–Kier alpha value is -2.55. The van der Waals surface area contributed by atoms with E-state index in [9.17, 15) is 10.1 Å². The minimum absolute atomic E-state index is 0.0601. The molecule has 0 radical (unpaired) electrons. The lowest BCUT2D eigenvalue weighted by Gasteiger charge is -2.28. The van der Waals surface area contributed by atoms with Gasteiger partial charge in [-0.25, -0.2) is 4.98 Å². The van der Waals surface area contributed by atoms with Crippen molar-refractivity contribution in [1.82, 2.24) is 20.0 Å². The molecule has 0 aromatic carbocycles. The summed E-state index contributed by atoms with van der Waals surface area (Å²) in [5, 5.41) is 22.4. The summed E-state index contributed by atoms with van der Waals surface area (Å²) in [5.41, 5.74) is 6.34. The fourth-order valence-electron chi connectivity index (χ4n) is 2.72. The first kappa shape index (κ1) is 14.4. The zero-order valence-corrected chi connectivity index (χ0v) is 11.9. The van der Waals surface area contributed by atoms with Crippen LogP contribution in [0.5, 0.6) is 0 Å². The van der Waals surface area contributed by atoms with Gasteiger partial charge in [-0.05, 0) is 25.7 Å². The van der Waals surface area contributed by atoms with Gasteiger partial charge in [-0.2, -0.15) is 10.2 Å². The molecule has 2 aromatic rings. The van der Waals surface area contributed by atoms with Crippen molar-refractivity contribution in [2.45, 2.75) is 37.8 Å². The van der Waals surface area contributed by atoms with Crippen LogP contribution in [0.2, 0.25) is 0 Å². The highest BCUT2D eigenvalue weighted by Gasteiger charge is 2.23. The third-order valence-corrected chi connectivity index (χ3v) is 3.76. The third-order valence-electron chi connectivity index (χ3n) is 3.76. The normalized spacial score (nSPS) is 21.5. The molecule has 2 heterocycles. The van der Waals surface area contributed by atoms with Crippen molar-refractivity contribution in [3.8, 4) is 5.82 Å². The van der Waals surface area contributed by atoms with E-state index in [0.717, 1.165) is 25.7 Å². The summed E-state index contributed by atoms with van der Waals surface area (Å²) in [6.45, 7) is 0. The topological polar surface area (TPSA) is 125 Å². The molecule has 2 unspecified atom stereocenters. The number of nitrogens with two attached hydrogens (primary N) is 1. The second kappa shape index (κ2) is 6.06. The monoisotopic (exact) mass is 303 g/mol. The quantitative estimate of drug-likeness (QED) is 0.643. The summed E-state index contributed by atoms with van der Waals surface area (Å²) in [5.74, 6) is 0.429. The molecular weight excluding hydrogens is 286 g/mol. The Kier molecular flexibility index (Phi) is 3.96. The second-order valence-electron chi connectivity index (χ2n) is 5.40. The molecule has 3 N–H and O–H groups in total. The van der Waals surface area contributed by atoms with Crippen molar-refractivity contribution in [2.24, 2.45) is 5.73 Å². The SMILES string of the molecule is NC1CCCC(Nc2cc(-n3nccn3)ncc2[N+](=O)[O-])C1. The van der Waals surface area contributed by atoms with Crippen molar-refractivity contribution in [3.05, 3.63) is 34.8 Å². The van der Waals surface area contributed by atoms with Crippen molar-refractivity contribution in [3.63, 3.8) is 0 Å². The number of nitrogens with zero attached hydrogens (tertiary/aromatic N) is 5. The number of rotatable bonds is 4. The number of aromatic nitrogens is 4. The first-order valence-corrected chi connectivity index (χ1v) is 7.16. The molecule has 9 nitrogen and oxygen atoms in total. The summed E-state index contributed by atoms with van der Waals surface area (Å²) in [6, 6.07) is 1.86. The van der Waals surface area contributed by atoms with Crippen LogP contribution in [0.1, 0.15) is 25.7 Å². The molecule has 116 valence electrons. The minimum Gasteiger partial charge on any atom is -0.377 e. The van der Waals surface area contributed by atoms with Gasteiger partial charge in [0.2, 0.25) is 0 Å². The van der Waals surface area contributed by atoms with Gasteiger partial charge in [-0.3, -0.25) is 10.1 Å². The Balaban J connectivity index is 1.89. The van der Waals surface area contributed by atoms with Crippen LogP contribution in [0.25, 0.3) is 5.82 Å². The Morgan fingerprint density at radius 2 is 2.14 bits per heavy atom. The van der Waals surface area contributed by atoms with Gasteiger partial charge < -0.3 is 11.1 Å². The van der Waals surface area contributed by atoms with Crippen LogP contribution >= 0.6 is 0 Å². The van der Waals surface area contributed by atoms with Gasteiger partial charge in [-0.15, -0.1) is 4.80 Å². The number of nitrogens with one attached hydrogen (secondary N) is 1. The molecule has 3 rings (SSSR count). The van der Waals surface area contributed by atoms with Crippen LogP contribution in [-0.4, -0.2) is 37.0 Å². The van der Waals surface area contributed by atoms with E-state index in [0.29, 0.717) is 11.5 Å². The zero-order chi connectivity index (χ0) is 15.5. The lowest BCUT2D eigenvalue weighted by molar-refractivity contribution is -0.384. The van der Waals surface area contributed by atoms with Gasteiger partial charge in [0.1, 0.15) is 11.9 Å². The molecular formula is C13H17N7O2. The maximum absolute atomic E-state index is 11.2. The molecule has 22 heavy (non-hydrogen) atoms. The fraction of sp³-hybridized carbons (Fsp3) is 0.462. The second-order valence-corrected chi connectivity index (χ2v) is 5.40. The largest absolute Gasteiger partial charge is 0.377 e. The van der Waals surface area contributed by atoms with Gasteiger partial charge in [0, 0.05) is 18.2 Å². The first-order valence-electron chi connectivity index (χ1n) is 7.16. The molecule has 0 saturated heterocycles. The summed E-state index contributed by atoms with van der Waals surface area (Å²) in [6.07, 6.45) is 8.04. The Bertz CT molecular complexity index is 658. The summed E-state index contributed by atoms with van der Waals surface area (Å²) in [4.78, 5) is 16.1. The molecule has 0 spiro atoms. The molecule has 0 bridgehead atoms. The number of pyridine rings is 1. The smallest absolute Gasteiger partial charge is 0.310 e. The molecule has 2 atom stereocenters. The summed E-state index contributed by atoms with van der Waals surface area (Å²) < 4.78 is 0. The number of hydrogen-bond donors (Lipinski definition) is 2. The van der Waals surface area contributed by atoms with E-state index in [-0.39, 0.29) is 17.8 Å². The van der Waals surface area contributed by atoms with Gasteiger partial charge in [0.25, 0.3) is 0 Å². The highest BCUT2D eigenvalue weighted by Crippen LogP contribution is 2.28. The van der Waals surface area contributed by atoms with Gasteiger partial charge in [0.05, 0.1) is 17.3 Å². The number of nitro groups is 1. The Morgan fingerprint density at radius 3 is 2.82 bits per heavy atom. The molecule has 0 aliphatic heterocycles. The van der Waals surface area contributed by atoms with Crippen LogP contribution in [0, 0.1) is 10.1 Å². The van der Waals surface area contributed by atoms with Crippen LogP contribution in [-0.2, 0) is 0 Å². The van der Waals surface area contributed by atoms with Gasteiger partial charge in [0.15, 0.2) is 5.82 Å². The predicted molar refractivity (Wildman–Crippen MR) is 79.7 cm³/mol. The van der Waals surface area contributed by atoms with E-state index in [2.05, 4.69) is 20.5 Å². The highest BCUT2D eigenvalue weighted by molar-refractivity contribution is 5.63. The standard InChI is InChI=1S/C13H17N7O2/c14-9-2-1-3-10(6-9)18-11-7-13(19-16-4-5-17-19)15-8-12(11)20(21)22/h4-5,7-10H,1-3,6,14H2,(H,15,18). The van der Waals surface area contributed by atoms with Crippen molar-refractivity contribution < 1.29 is 4.92 Å². The summed E-state index contributed by atoms with van der Waals surface area (Å²) in [7, 11) is 0. The third kappa shape index (κ3) is 3.03. The zero-order valence-electron chi connectivity index (χ0n) is 11.9. The maximum atomic E-state index is 11.2. The van der Waals surface area contributed by atoms with E-state index >= 15 is 0 Å². The Morgan fingerprint density at radius 1 is 1.36 bits per heavy atom. The molecule has 2 aromatic heterocycles. The molecule has 0 amide bonds. The molecule has 1 aliphatic rings. The van der Waals surface area contributed by atoms with Crippen LogP contribution in [0.3, 0.4) is 0 Å². The molecule has 1 saturated carbocycles. The van der Waals surface area contributed by atoms with E-state index in [1.54, 1.807) is 6.07 Å². The van der Waals surface area contributed by atoms with Crippen molar-refractivity contribution in [2.75, 3.05) is 5.32 Å². The summed E-state index contributed by atoms with van der Waals surface area (Å²) >= 11 is 0. The van der Waals surface area contributed by atoms with E-state index in [1.807, 2.05) is 0 Å². The minimum atomic E-state index is -0.446. The van der Waals surface area contributed by atoms with E-state index < -0.39 is 4.92 Å². The lowest BCUT2D eigenvalue weighted by Crippen LogP contribution is -2.35. The van der Waals surface area contributed by atoms with Crippen LogP contribution in [0.15, 0.2) is 24.7 Å². The Labute approximate surface area is 126 Å². The number of hydrogen-bond acceptors (Lipinski definition) is 7. The predicted octanol–water partition coefficient (Wildman–Crippen LogP) is 1.25.